The highest BCUT2D eigenvalue weighted by atomic mass is 79.9. The highest BCUT2D eigenvalue weighted by Gasteiger charge is 2.30. The fraction of sp³-hybridized carbons (Fsp3) is 0.429. The summed E-state index contributed by atoms with van der Waals surface area (Å²) in [5.41, 5.74) is 1.46. The van der Waals surface area contributed by atoms with Gasteiger partial charge in [0, 0.05) is 34.2 Å². The van der Waals surface area contributed by atoms with Gasteiger partial charge in [0.2, 0.25) is 0 Å². The fourth-order valence-electron chi connectivity index (χ4n) is 3.12. The second-order valence-electron chi connectivity index (χ2n) is 7.98. The molecule has 0 aliphatic carbocycles. The molecule has 2 heterocycles. The van der Waals surface area contributed by atoms with Gasteiger partial charge in [0.1, 0.15) is 10.6 Å². The lowest BCUT2D eigenvalue weighted by Crippen LogP contribution is -2.28. The quantitative estimate of drug-likeness (QED) is 0.496. The largest absolute Gasteiger partial charge is 0.504 e. The van der Waals surface area contributed by atoms with Crippen LogP contribution in [0.15, 0.2) is 21.6 Å². The second-order valence-corrected chi connectivity index (χ2v) is 9.98. The summed E-state index contributed by atoms with van der Waals surface area (Å²) in [5, 5.41) is 11.0. The van der Waals surface area contributed by atoms with Gasteiger partial charge in [0.05, 0.1) is 12.7 Å². The Bertz CT molecular complexity index is 963. The van der Waals surface area contributed by atoms with Crippen molar-refractivity contribution in [2.24, 2.45) is 4.99 Å². The van der Waals surface area contributed by atoms with Gasteiger partial charge in [-0.1, -0.05) is 15.9 Å². The number of methoxy groups -OCH3 is 1. The molecule has 0 atom stereocenters. The minimum Gasteiger partial charge on any atom is -0.504 e. The number of phenolic OH excluding ortho intramolecular Hbond substituents is 1. The number of benzene rings is 1. The molecule has 0 bridgehead atoms. The number of nitrogens with zero attached hydrogens (tertiary/aromatic N) is 2. The molecule has 0 saturated carbocycles. The lowest BCUT2D eigenvalue weighted by Gasteiger charge is -2.23. The Kier molecular flexibility index (Phi) is 6.36. The van der Waals surface area contributed by atoms with Crippen LogP contribution in [-0.4, -0.2) is 48.5 Å². The van der Waals surface area contributed by atoms with Crippen LogP contribution in [-0.2, 0) is 17.7 Å². The second kappa shape index (κ2) is 8.45. The molecule has 1 aromatic carbocycles. The zero-order valence-corrected chi connectivity index (χ0v) is 19.6. The number of fused-ring (bicyclic) bond motifs is 1. The summed E-state index contributed by atoms with van der Waals surface area (Å²) in [6.07, 6.45) is 2.33. The fourth-order valence-corrected chi connectivity index (χ4v) is 4.84. The number of carbonyl (C=O) groups excluding carboxylic acids is 1. The standard InChI is InChI=1S/C21H25BrN2O4S/c1-21(2,3)28-20(26)17-14-6-7-24(4)11-16(14)29-19(17)23-10-12-8-13(22)9-15(27-5)18(12)25/h8-10,25H,6-7,11H2,1-5H3/b23-10+. The number of aliphatic imine (C=N–C) groups is 1. The van der Waals surface area contributed by atoms with Gasteiger partial charge < -0.3 is 19.5 Å². The van der Waals surface area contributed by atoms with Gasteiger partial charge >= 0.3 is 5.97 Å². The third kappa shape index (κ3) is 4.99. The third-order valence-corrected chi connectivity index (χ3v) is 6.02. The van der Waals surface area contributed by atoms with Gasteiger partial charge in [-0.25, -0.2) is 9.79 Å². The van der Waals surface area contributed by atoms with Crippen LogP contribution in [0.5, 0.6) is 11.5 Å². The monoisotopic (exact) mass is 480 g/mol. The van der Waals surface area contributed by atoms with Gasteiger partial charge in [0.25, 0.3) is 0 Å². The summed E-state index contributed by atoms with van der Waals surface area (Å²) in [4.78, 5) is 20.9. The number of ether oxygens (including phenoxy) is 2. The van der Waals surface area contributed by atoms with E-state index in [-0.39, 0.29) is 11.7 Å². The average molecular weight is 481 g/mol. The SMILES string of the molecule is COc1cc(Br)cc(/C=N/c2sc3c(c2C(=O)OC(C)(C)C)CCN(C)C3)c1O. The van der Waals surface area contributed by atoms with E-state index in [4.69, 9.17) is 9.47 Å². The van der Waals surface area contributed by atoms with Crippen LogP contribution in [0, 0.1) is 0 Å². The van der Waals surface area contributed by atoms with Crippen LogP contribution in [0.1, 0.15) is 47.1 Å². The Morgan fingerprint density at radius 2 is 2.10 bits per heavy atom. The van der Waals surface area contributed by atoms with Crippen LogP contribution >= 0.6 is 27.3 Å². The molecule has 1 aliphatic heterocycles. The molecule has 6 nitrogen and oxygen atoms in total. The lowest BCUT2D eigenvalue weighted by atomic mass is 10.0. The maximum absolute atomic E-state index is 12.9. The van der Waals surface area contributed by atoms with E-state index in [0.29, 0.717) is 21.9 Å². The van der Waals surface area contributed by atoms with Crippen LogP contribution in [0.2, 0.25) is 0 Å². The summed E-state index contributed by atoms with van der Waals surface area (Å²) < 4.78 is 11.6. The Balaban J connectivity index is 2.04. The van der Waals surface area contributed by atoms with Crippen molar-refractivity contribution in [2.45, 2.75) is 39.3 Å². The van der Waals surface area contributed by atoms with E-state index in [1.54, 1.807) is 18.3 Å². The molecule has 8 heteroatoms. The summed E-state index contributed by atoms with van der Waals surface area (Å²) in [6.45, 7) is 7.22. The van der Waals surface area contributed by atoms with Gasteiger partial charge in [-0.15, -0.1) is 11.3 Å². The van der Waals surface area contributed by atoms with Crippen LogP contribution < -0.4 is 4.74 Å². The highest BCUT2D eigenvalue weighted by molar-refractivity contribution is 9.10. The topological polar surface area (TPSA) is 71.4 Å². The van der Waals surface area contributed by atoms with E-state index < -0.39 is 5.60 Å². The number of phenols is 1. The van der Waals surface area contributed by atoms with Crippen molar-refractivity contribution in [1.29, 1.82) is 0 Å². The molecule has 0 fully saturated rings. The molecule has 29 heavy (non-hydrogen) atoms. The summed E-state index contributed by atoms with van der Waals surface area (Å²) >= 11 is 4.90. The normalized spacial score (nSPS) is 14.8. The first-order chi connectivity index (χ1) is 13.6. The molecule has 0 saturated heterocycles. The molecule has 156 valence electrons. The summed E-state index contributed by atoms with van der Waals surface area (Å²) in [7, 11) is 3.55. The van der Waals surface area contributed by atoms with Gasteiger partial charge in [0.15, 0.2) is 11.5 Å². The zero-order chi connectivity index (χ0) is 21.3. The van der Waals surface area contributed by atoms with Crippen molar-refractivity contribution < 1.29 is 19.4 Å². The third-order valence-electron chi connectivity index (χ3n) is 4.44. The maximum Gasteiger partial charge on any atom is 0.342 e. The Labute approximate surface area is 183 Å². The zero-order valence-electron chi connectivity index (χ0n) is 17.2. The van der Waals surface area contributed by atoms with Crippen molar-refractivity contribution in [3.63, 3.8) is 0 Å². The van der Waals surface area contributed by atoms with Crippen molar-refractivity contribution in [1.82, 2.24) is 4.90 Å². The van der Waals surface area contributed by atoms with Crippen molar-refractivity contribution >= 4 is 44.5 Å². The molecule has 1 aliphatic rings. The van der Waals surface area contributed by atoms with Gasteiger partial charge in [-0.05, 0) is 51.9 Å². The molecule has 2 aromatic rings. The molecule has 3 rings (SSSR count). The molecular weight excluding hydrogens is 456 g/mol. The van der Waals surface area contributed by atoms with Crippen LogP contribution in [0.4, 0.5) is 5.00 Å². The number of carbonyl (C=O) groups is 1. The lowest BCUT2D eigenvalue weighted by molar-refractivity contribution is 0.00694. The molecule has 0 spiro atoms. The number of rotatable bonds is 4. The Hall–Kier alpha value is -1.90. The van der Waals surface area contributed by atoms with Crippen LogP contribution in [0.25, 0.3) is 0 Å². The molecule has 1 N–H and O–H groups in total. The predicted molar refractivity (Wildman–Crippen MR) is 119 cm³/mol. The highest BCUT2D eigenvalue weighted by Crippen LogP contribution is 2.40. The summed E-state index contributed by atoms with van der Waals surface area (Å²) in [5.74, 6) is -0.0117. The number of hydrogen-bond donors (Lipinski definition) is 1. The maximum atomic E-state index is 12.9. The van der Waals surface area contributed by atoms with E-state index in [2.05, 4.69) is 32.9 Å². The van der Waals surface area contributed by atoms with Gasteiger partial charge in [-0.3, -0.25) is 0 Å². The van der Waals surface area contributed by atoms with E-state index in [9.17, 15) is 9.90 Å². The molecule has 0 unspecified atom stereocenters. The smallest absolute Gasteiger partial charge is 0.342 e. The number of likely N-dealkylation sites (N-methyl/N-ethyl adjacent to an activating group) is 1. The van der Waals surface area contributed by atoms with E-state index >= 15 is 0 Å². The number of esters is 1. The average Bonchev–Trinajstić information content (AvgIpc) is 2.98. The van der Waals surface area contributed by atoms with Gasteiger partial charge in [-0.2, -0.15) is 0 Å². The Morgan fingerprint density at radius 3 is 2.76 bits per heavy atom. The predicted octanol–water partition coefficient (Wildman–Crippen LogP) is 4.92. The first-order valence-corrected chi connectivity index (χ1v) is 10.9. The minimum absolute atomic E-state index is 0.000629. The van der Waals surface area contributed by atoms with E-state index in [0.717, 1.165) is 34.4 Å². The van der Waals surface area contributed by atoms with Crippen LogP contribution in [0.3, 0.4) is 0 Å². The Morgan fingerprint density at radius 1 is 1.38 bits per heavy atom. The molecule has 0 radical (unpaired) electrons. The molecule has 0 amide bonds. The molecule has 1 aromatic heterocycles. The number of halogens is 1. The van der Waals surface area contributed by atoms with Crippen molar-refractivity contribution in [3.05, 3.63) is 38.2 Å². The number of aromatic hydroxyl groups is 1. The van der Waals surface area contributed by atoms with E-state index in [1.165, 1.54) is 18.4 Å². The number of hydrogen-bond acceptors (Lipinski definition) is 7. The molecular formula is C21H25BrN2O4S. The first kappa shape index (κ1) is 21.8. The first-order valence-electron chi connectivity index (χ1n) is 9.26. The van der Waals surface area contributed by atoms with Crippen molar-refractivity contribution in [3.8, 4) is 11.5 Å². The van der Waals surface area contributed by atoms with Crippen molar-refractivity contribution in [2.75, 3.05) is 20.7 Å². The number of thiophene rings is 1. The minimum atomic E-state index is -0.589. The van der Waals surface area contributed by atoms with E-state index in [1.807, 2.05) is 20.8 Å². The summed E-state index contributed by atoms with van der Waals surface area (Å²) in [6, 6.07) is 3.42.